The van der Waals surface area contributed by atoms with E-state index in [2.05, 4.69) is 62.8 Å². The Morgan fingerprint density at radius 3 is 1.89 bits per heavy atom. The highest BCUT2D eigenvalue weighted by Crippen LogP contribution is 2.25. The summed E-state index contributed by atoms with van der Waals surface area (Å²) in [6.45, 7) is 4.70. The van der Waals surface area contributed by atoms with Crippen LogP contribution in [0, 0.1) is 0 Å². The molecule has 0 aliphatic rings. The summed E-state index contributed by atoms with van der Waals surface area (Å²) >= 11 is 1.81. The quantitative estimate of drug-likeness (QED) is 0.228. The van der Waals surface area contributed by atoms with E-state index < -0.39 is 0 Å². The third kappa shape index (κ3) is 9.08. The van der Waals surface area contributed by atoms with Crippen molar-refractivity contribution in [1.29, 1.82) is 0 Å². The lowest BCUT2D eigenvalue weighted by Crippen LogP contribution is -2.39. The average Bonchev–Trinajstić information content (AvgIpc) is 3.18. The molecule has 0 aliphatic heterocycles. The summed E-state index contributed by atoms with van der Waals surface area (Å²) in [7, 11) is 4.75. The topological polar surface area (TPSA) is 0 Å². The lowest BCUT2D eigenvalue weighted by atomic mass is 10.1. The van der Waals surface area contributed by atoms with Crippen molar-refractivity contribution in [1.82, 2.24) is 0 Å². The summed E-state index contributed by atoms with van der Waals surface area (Å²) in [6, 6.07) is 13.5. The molecule has 0 saturated carbocycles. The molecule has 0 bridgehead atoms. The molecule has 1 aromatic heterocycles. The van der Waals surface area contributed by atoms with Gasteiger partial charge in [0.15, 0.2) is 0 Å². The first-order chi connectivity index (χ1) is 13.1. The van der Waals surface area contributed by atoms with Gasteiger partial charge in [-0.15, -0.1) is 11.3 Å². The standard InChI is InChI=1S/C25H40NS/c1-4-5-6-7-8-9-10-11-12-13-20-26(2,3)22-23-16-18-24(19-17-23)25-15-14-21-27-25/h14-19,21H,4-13,20,22H2,1-3H3/q+1. The van der Waals surface area contributed by atoms with E-state index in [0.717, 1.165) is 11.0 Å². The van der Waals surface area contributed by atoms with Gasteiger partial charge >= 0.3 is 0 Å². The van der Waals surface area contributed by atoms with Gasteiger partial charge in [0.05, 0.1) is 20.6 Å². The molecule has 0 fully saturated rings. The maximum absolute atomic E-state index is 2.38. The second-order valence-corrected chi connectivity index (χ2v) is 9.62. The van der Waals surface area contributed by atoms with E-state index >= 15 is 0 Å². The van der Waals surface area contributed by atoms with Crippen LogP contribution in [0.5, 0.6) is 0 Å². The first-order valence-corrected chi connectivity index (χ1v) is 11.9. The molecule has 1 nitrogen and oxygen atoms in total. The number of unbranched alkanes of at least 4 members (excludes halogenated alkanes) is 9. The van der Waals surface area contributed by atoms with E-state index in [1.54, 1.807) is 0 Å². The van der Waals surface area contributed by atoms with Crippen molar-refractivity contribution in [2.75, 3.05) is 20.6 Å². The molecule has 150 valence electrons. The molecule has 0 N–H and O–H groups in total. The second kappa shape index (κ2) is 12.4. The first kappa shape index (κ1) is 22.2. The summed E-state index contributed by atoms with van der Waals surface area (Å²) in [6.07, 6.45) is 14.2. The van der Waals surface area contributed by atoms with E-state index in [-0.39, 0.29) is 0 Å². The number of hydrogen-bond donors (Lipinski definition) is 0. The zero-order valence-corrected chi connectivity index (χ0v) is 18.7. The second-order valence-electron chi connectivity index (χ2n) is 8.67. The fourth-order valence-corrected chi connectivity index (χ4v) is 4.55. The van der Waals surface area contributed by atoms with Crippen LogP contribution in [0.3, 0.4) is 0 Å². The minimum Gasteiger partial charge on any atom is -0.325 e. The van der Waals surface area contributed by atoms with Crippen molar-refractivity contribution in [3.05, 3.63) is 47.3 Å². The largest absolute Gasteiger partial charge is 0.325 e. The molecule has 1 aromatic carbocycles. The molecule has 1 heterocycles. The lowest BCUT2D eigenvalue weighted by molar-refractivity contribution is -0.903. The van der Waals surface area contributed by atoms with Gasteiger partial charge in [0, 0.05) is 10.4 Å². The predicted molar refractivity (Wildman–Crippen MR) is 122 cm³/mol. The smallest absolute Gasteiger partial charge is 0.104 e. The maximum Gasteiger partial charge on any atom is 0.104 e. The molecule has 0 atom stereocenters. The molecule has 0 spiro atoms. The zero-order chi connectivity index (χ0) is 19.4. The Labute approximate surface area is 172 Å². The summed E-state index contributed by atoms with van der Waals surface area (Å²) in [4.78, 5) is 1.36. The van der Waals surface area contributed by atoms with Gasteiger partial charge in [0.25, 0.3) is 0 Å². The third-order valence-electron chi connectivity index (χ3n) is 5.49. The third-order valence-corrected chi connectivity index (χ3v) is 6.41. The van der Waals surface area contributed by atoms with Gasteiger partial charge in [-0.25, -0.2) is 0 Å². The Bertz CT molecular complexity index is 598. The number of quaternary nitrogens is 1. The Morgan fingerprint density at radius 2 is 1.33 bits per heavy atom. The first-order valence-electron chi connectivity index (χ1n) is 11.1. The van der Waals surface area contributed by atoms with Crippen LogP contribution in [0.2, 0.25) is 0 Å². The summed E-state index contributed by atoms with van der Waals surface area (Å²) < 4.78 is 1.09. The number of nitrogens with zero attached hydrogens (tertiary/aromatic N) is 1. The summed E-state index contributed by atoms with van der Waals surface area (Å²) in [5.74, 6) is 0. The van der Waals surface area contributed by atoms with Gasteiger partial charge < -0.3 is 4.48 Å². The molecule has 0 saturated heterocycles. The van der Waals surface area contributed by atoms with E-state index in [9.17, 15) is 0 Å². The highest BCUT2D eigenvalue weighted by molar-refractivity contribution is 7.13. The minimum atomic E-state index is 1.09. The monoisotopic (exact) mass is 386 g/mol. The van der Waals surface area contributed by atoms with Crippen LogP contribution in [-0.4, -0.2) is 25.1 Å². The van der Waals surface area contributed by atoms with Crippen LogP contribution in [0.25, 0.3) is 10.4 Å². The van der Waals surface area contributed by atoms with Crippen LogP contribution in [0.15, 0.2) is 41.8 Å². The Balaban J connectivity index is 1.59. The van der Waals surface area contributed by atoms with Gasteiger partial charge in [-0.2, -0.15) is 0 Å². The van der Waals surface area contributed by atoms with Gasteiger partial charge in [-0.1, -0.05) is 88.6 Å². The molecule has 0 unspecified atom stereocenters. The fourth-order valence-electron chi connectivity index (χ4n) is 3.82. The van der Waals surface area contributed by atoms with Crippen LogP contribution in [-0.2, 0) is 6.54 Å². The van der Waals surface area contributed by atoms with Crippen molar-refractivity contribution in [3.63, 3.8) is 0 Å². The maximum atomic E-state index is 2.38. The van der Waals surface area contributed by atoms with Crippen LogP contribution >= 0.6 is 11.3 Å². The van der Waals surface area contributed by atoms with Crippen molar-refractivity contribution in [3.8, 4) is 10.4 Å². The van der Waals surface area contributed by atoms with Gasteiger partial charge in [0.1, 0.15) is 6.54 Å². The molecule has 0 aliphatic carbocycles. The molecule has 2 rings (SSSR count). The minimum absolute atomic E-state index is 1.09. The Morgan fingerprint density at radius 1 is 0.741 bits per heavy atom. The molecular weight excluding hydrogens is 346 g/mol. The molecule has 2 aromatic rings. The van der Waals surface area contributed by atoms with E-state index in [1.165, 1.54) is 86.8 Å². The van der Waals surface area contributed by atoms with E-state index in [4.69, 9.17) is 0 Å². The normalized spacial score (nSPS) is 11.8. The summed E-state index contributed by atoms with van der Waals surface area (Å²) in [5.41, 5.74) is 2.79. The zero-order valence-electron chi connectivity index (χ0n) is 17.9. The lowest BCUT2D eigenvalue weighted by Gasteiger charge is -2.30. The van der Waals surface area contributed by atoms with Crippen molar-refractivity contribution >= 4 is 11.3 Å². The highest BCUT2D eigenvalue weighted by Gasteiger charge is 2.15. The van der Waals surface area contributed by atoms with Crippen molar-refractivity contribution in [2.24, 2.45) is 0 Å². The van der Waals surface area contributed by atoms with Gasteiger partial charge in [-0.05, 0) is 29.9 Å². The highest BCUT2D eigenvalue weighted by atomic mass is 32.1. The average molecular weight is 387 g/mol. The van der Waals surface area contributed by atoms with Gasteiger partial charge in [-0.3, -0.25) is 0 Å². The molecule has 27 heavy (non-hydrogen) atoms. The van der Waals surface area contributed by atoms with Crippen molar-refractivity contribution in [2.45, 2.75) is 77.7 Å². The number of hydrogen-bond acceptors (Lipinski definition) is 1. The molecule has 0 radical (unpaired) electrons. The molecule has 2 heteroatoms. The van der Waals surface area contributed by atoms with Crippen LogP contribution in [0.1, 0.15) is 76.7 Å². The molecule has 0 amide bonds. The molecular formula is C25H40NS+. The number of thiophene rings is 1. The van der Waals surface area contributed by atoms with Crippen LogP contribution in [0.4, 0.5) is 0 Å². The van der Waals surface area contributed by atoms with Crippen molar-refractivity contribution < 1.29 is 4.48 Å². The predicted octanol–water partition coefficient (Wildman–Crippen LogP) is 7.91. The Kier molecular flexibility index (Phi) is 10.2. The van der Waals surface area contributed by atoms with Gasteiger partial charge in [0.2, 0.25) is 0 Å². The fraction of sp³-hybridized carbons (Fsp3) is 0.600. The van der Waals surface area contributed by atoms with Crippen LogP contribution < -0.4 is 0 Å². The number of rotatable bonds is 14. The van der Waals surface area contributed by atoms with E-state index in [1.807, 2.05) is 11.3 Å². The Hall–Kier alpha value is -1.12. The summed E-state index contributed by atoms with van der Waals surface area (Å²) in [5, 5.41) is 2.15. The number of benzene rings is 1. The SMILES string of the molecule is CCCCCCCCCCCC[N+](C)(C)Cc1ccc(-c2cccs2)cc1. The van der Waals surface area contributed by atoms with E-state index in [0.29, 0.717) is 0 Å².